The van der Waals surface area contributed by atoms with Crippen molar-refractivity contribution < 1.29 is 18.7 Å². The van der Waals surface area contributed by atoms with Crippen LogP contribution in [0.3, 0.4) is 0 Å². The molecule has 0 atom stereocenters. The van der Waals surface area contributed by atoms with E-state index in [2.05, 4.69) is 4.74 Å². The van der Waals surface area contributed by atoms with Crippen molar-refractivity contribution in [2.45, 2.75) is 0 Å². The molecule has 0 aliphatic carbocycles. The van der Waals surface area contributed by atoms with Crippen LogP contribution in [0.4, 0.5) is 0 Å². The molecule has 1 aromatic heterocycles. The molecule has 0 spiro atoms. The number of fused-ring (bicyclic) bond motifs is 1. The third kappa shape index (κ3) is 2.68. The van der Waals surface area contributed by atoms with Crippen molar-refractivity contribution in [1.82, 2.24) is 0 Å². The second-order valence-electron chi connectivity index (χ2n) is 4.91. The van der Waals surface area contributed by atoms with Gasteiger partial charge in [-0.1, -0.05) is 12.1 Å². The number of ether oxygens (including phenoxy) is 2. The Kier molecular flexibility index (Phi) is 3.85. The molecule has 5 heteroatoms. The van der Waals surface area contributed by atoms with E-state index in [1.165, 1.54) is 13.4 Å². The van der Waals surface area contributed by atoms with Gasteiger partial charge in [0.15, 0.2) is 5.43 Å². The van der Waals surface area contributed by atoms with Crippen LogP contribution in [0.25, 0.3) is 22.1 Å². The summed E-state index contributed by atoms with van der Waals surface area (Å²) in [7, 11) is 2.87. The SMILES string of the molecule is COC(=O)c1ccc(-c2coc3cc(OC)ccc3c2=O)cc1. The van der Waals surface area contributed by atoms with Gasteiger partial charge in [0.2, 0.25) is 0 Å². The van der Waals surface area contributed by atoms with E-state index in [-0.39, 0.29) is 5.43 Å². The molecular weight excluding hydrogens is 296 g/mol. The summed E-state index contributed by atoms with van der Waals surface area (Å²) in [6.07, 6.45) is 1.41. The first kappa shape index (κ1) is 14.8. The maximum absolute atomic E-state index is 12.6. The lowest BCUT2D eigenvalue weighted by molar-refractivity contribution is 0.0601. The second-order valence-corrected chi connectivity index (χ2v) is 4.91. The molecule has 2 aromatic carbocycles. The van der Waals surface area contributed by atoms with Gasteiger partial charge in [0.25, 0.3) is 0 Å². The van der Waals surface area contributed by atoms with Gasteiger partial charge in [-0.2, -0.15) is 0 Å². The first-order chi connectivity index (χ1) is 11.1. The first-order valence-electron chi connectivity index (χ1n) is 6.92. The normalized spacial score (nSPS) is 10.5. The fourth-order valence-corrected chi connectivity index (χ4v) is 2.34. The van der Waals surface area contributed by atoms with E-state index in [1.807, 2.05) is 0 Å². The summed E-state index contributed by atoms with van der Waals surface area (Å²) < 4.78 is 15.3. The van der Waals surface area contributed by atoms with Gasteiger partial charge in [0.05, 0.1) is 30.7 Å². The van der Waals surface area contributed by atoms with Crippen LogP contribution in [0.2, 0.25) is 0 Å². The molecular formula is C18H14O5. The Labute approximate surface area is 132 Å². The first-order valence-corrected chi connectivity index (χ1v) is 6.92. The number of carbonyl (C=O) groups excluding carboxylic acids is 1. The topological polar surface area (TPSA) is 65.7 Å². The highest BCUT2D eigenvalue weighted by Crippen LogP contribution is 2.23. The van der Waals surface area contributed by atoms with Gasteiger partial charge in [0, 0.05) is 6.07 Å². The zero-order valence-electron chi connectivity index (χ0n) is 12.7. The number of esters is 1. The molecule has 0 saturated heterocycles. The van der Waals surface area contributed by atoms with Crippen molar-refractivity contribution in [3.8, 4) is 16.9 Å². The summed E-state index contributed by atoms with van der Waals surface area (Å²) in [5, 5.41) is 0.473. The molecule has 0 aliphatic heterocycles. The number of benzene rings is 2. The predicted molar refractivity (Wildman–Crippen MR) is 85.8 cm³/mol. The summed E-state index contributed by atoms with van der Waals surface area (Å²) in [4.78, 5) is 24.1. The molecule has 0 aliphatic rings. The molecule has 0 saturated carbocycles. The van der Waals surface area contributed by atoms with E-state index in [9.17, 15) is 9.59 Å². The van der Waals surface area contributed by atoms with Crippen LogP contribution in [-0.4, -0.2) is 20.2 Å². The van der Waals surface area contributed by atoms with Gasteiger partial charge in [0.1, 0.15) is 17.6 Å². The van der Waals surface area contributed by atoms with E-state index in [0.717, 1.165) is 0 Å². The number of rotatable bonds is 3. The highest BCUT2D eigenvalue weighted by Gasteiger charge is 2.11. The Morgan fingerprint density at radius 2 is 1.78 bits per heavy atom. The van der Waals surface area contributed by atoms with E-state index < -0.39 is 5.97 Å². The summed E-state index contributed by atoms with van der Waals surface area (Å²) in [6, 6.07) is 11.6. The lowest BCUT2D eigenvalue weighted by atomic mass is 10.0. The summed E-state index contributed by atoms with van der Waals surface area (Å²) >= 11 is 0. The van der Waals surface area contributed by atoms with Crippen LogP contribution < -0.4 is 10.2 Å². The molecule has 0 N–H and O–H groups in total. The largest absolute Gasteiger partial charge is 0.497 e. The Morgan fingerprint density at radius 3 is 2.43 bits per heavy atom. The van der Waals surface area contributed by atoms with E-state index >= 15 is 0 Å². The monoisotopic (exact) mass is 310 g/mol. The maximum Gasteiger partial charge on any atom is 0.337 e. The number of hydrogen-bond donors (Lipinski definition) is 0. The minimum absolute atomic E-state index is 0.139. The molecule has 5 nitrogen and oxygen atoms in total. The second kappa shape index (κ2) is 5.96. The van der Waals surface area contributed by atoms with Crippen molar-refractivity contribution in [3.63, 3.8) is 0 Å². The van der Waals surface area contributed by atoms with Gasteiger partial charge in [-0.3, -0.25) is 4.79 Å². The van der Waals surface area contributed by atoms with Crippen LogP contribution >= 0.6 is 0 Å². The molecule has 0 bridgehead atoms. The molecule has 1 heterocycles. The van der Waals surface area contributed by atoms with Crippen LogP contribution in [0.1, 0.15) is 10.4 Å². The van der Waals surface area contributed by atoms with E-state index in [0.29, 0.717) is 33.4 Å². The predicted octanol–water partition coefficient (Wildman–Crippen LogP) is 3.26. The zero-order chi connectivity index (χ0) is 16.4. The Balaban J connectivity index is 2.08. The standard InChI is InChI=1S/C18H14O5/c1-21-13-7-8-14-16(9-13)23-10-15(17(14)19)11-3-5-12(6-4-11)18(20)22-2/h3-10H,1-2H3. The zero-order valence-corrected chi connectivity index (χ0v) is 12.7. The van der Waals surface area contributed by atoms with Crippen molar-refractivity contribution in [1.29, 1.82) is 0 Å². The average molecular weight is 310 g/mol. The van der Waals surface area contributed by atoms with E-state index in [1.54, 1.807) is 49.6 Å². The lowest BCUT2D eigenvalue weighted by Crippen LogP contribution is -2.05. The minimum Gasteiger partial charge on any atom is -0.497 e. The molecule has 116 valence electrons. The van der Waals surface area contributed by atoms with Gasteiger partial charge >= 0.3 is 5.97 Å². The van der Waals surface area contributed by atoms with Crippen LogP contribution in [-0.2, 0) is 4.74 Å². The van der Waals surface area contributed by atoms with Gasteiger partial charge in [-0.25, -0.2) is 4.79 Å². The third-order valence-electron chi connectivity index (χ3n) is 3.60. The van der Waals surface area contributed by atoms with Crippen molar-refractivity contribution in [2.24, 2.45) is 0 Å². The summed E-state index contributed by atoms with van der Waals surface area (Å²) in [6.45, 7) is 0. The minimum atomic E-state index is -0.422. The van der Waals surface area contributed by atoms with Crippen molar-refractivity contribution >= 4 is 16.9 Å². The van der Waals surface area contributed by atoms with Crippen LogP contribution in [0.15, 0.2) is 57.9 Å². The Bertz CT molecular complexity index is 922. The Morgan fingerprint density at radius 1 is 1.04 bits per heavy atom. The number of hydrogen-bond acceptors (Lipinski definition) is 5. The van der Waals surface area contributed by atoms with E-state index in [4.69, 9.17) is 9.15 Å². The molecule has 3 aromatic rings. The fourth-order valence-electron chi connectivity index (χ4n) is 2.34. The quantitative estimate of drug-likeness (QED) is 0.695. The van der Waals surface area contributed by atoms with Crippen molar-refractivity contribution in [2.75, 3.05) is 14.2 Å². The van der Waals surface area contributed by atoms with Crippen LogP contribution in [0, 0.1) is 0 Å². The molecule has 0 amide bonds. The highest BCUT2D eigenvalue weighted by molar-refractivity contribution is 5.90. The molecule has 0 fully saturated rings. The summed E-state index contributed by atoms with van der Waals surface area (Å²) in [5.74, 6) is 0.199. The highest BCUT2D eigenvalue weighted by atomic mass is 16.5. The Hall–Kier alpha value is -3.08. The lowest BCUT2D eigenvalue weighted by Gasteiger charge is -2.05. The average Bonchev–Trinajstić information content (AvgIpc) is 2.61. The van der Waals surface area contributed by atoms with Gasteiger partial charge in [-0.15, -0.1) is 0 Å². The van der Waals surface area contributed by atoms with Gasteiger partial charge < -0.3 is 13.9 Å². The van der Waals surface area contributed by atoms with Gasteiger partial charge in [-0.05, 0) is 29.8 Å². The molecule has 0 radical (unpaired) electrons. The smallest absolute Gasteiger partial charge is 0.337 e. The summed E-state index contributed by atoms with van der Waals surface area (Å²) in [5.41, 5.74) is 1.85. The number of carbonyl (C=O) groups is 1. The number of methoxy groups -OCH3 is 2. The fraction of sp³-hybridized carbons (Fsp3) is 0.111. The van der Waals surface area contributed by atoms with Crippen LogP contribution in [0.5, 0.6) is 5.75 Å². The molecule has 23 heavy (non-hydrogen) atoms. The molecule has 0 unspecified atom stereocenters. The molecule has 3 rings (SSSR count). The third-order valence-corrected chi connectivity index (χ3v) is 3.60. The van der Waals surface area contributed by atoms with Crippen molar-refractivity contribution in [3.05, 3.63) is 64.5 Å². The maximum atomic E-state index is 12.6.